The van der Waals surface area contributed by atoms with Gasteiger partial charge in [-0.3, -0.25) is 19.6 Å². The summed E-state index contributed by atoms with van der Waals surface area (Å²) >= 11 is 0. The van der Waals surface area contributed by atoms with E-state index in [9.17, 15) is 28.1 Å². The zero-order valence-corrected chi connectivity index (χ0v) is 17.8. The molecule has 1 aliphatic carbocycles. The van der Waals surface area contributed by atoms with Gasteiger partial charge in [0.2, 0.25) is 5.91 Å². The fourth-order valence-electron chi connectivity index (χ4n) is 3.34. The molecule has 1 heterocycles. The third-order valence-electron chi connectivity index (χ3n) is 5.07. The Bertz CT molecular complexity index is 1220. The van der Waals surface area contributed by atoms with Crippen molar-refractivity contribution in [1.29, 1.82) is 0 Å². The molecule has 4 rings (SSSR count). The van der Waals surface area contributed by atoms with Gasteiger partial charge < -0.3 is 14.8 Å². The summed E-state index contributed by atoms with van der Waals surface area (Å²) in [5.41, 5.74) is -1.00. The van der Waals surface area contributed by atoms with Gasteiger partial charge in [-0.2, -0.15) is 18.3 Å². The number of amides is 1. The molecule has 1 saturated carbocycles. The number of nitrogens with one attached hydrogen (secondary N) is 1. The summed E-state index contributed by atoms with van der Waals surface area (Å²) in [6.07, 6.45) is -3.18. The lowest BCUT2D eigenvalue weighted by Gasteiger charge is -2.11. The average molecular weight is 476 g/mol. The van der Waals surface area contributed by atoms with E-state index >= 15 is 0 Å². The van der Waals surface area contributed by atoms with Gasteiger partial charge in [0.05, 0.1) is 23.8 Å². The van der Waals surface area contributed by atoms with Crippen molar-refractivity contribution in [2.45, 2.75) is 31.5 Å². The summed E-state index contributed by atoms with van der Waals surface area (Å²) in [5, 5.41) is 17.4. The molecule has 1 aliphatic rings. The number of methoxy groups -OCH3 is 1. The SMILES string of the molecule is COc1ccc(Oc2cc(NC(=O)Cn3nc(C(F)(F)F)cc3C3CC3)cc([N+](=O)[O-])c2)cc1. The number of rotatable bonds is 8. The number of nitrogens with zero attached hydrogens (tertiary/aromatic N) is 3. The van der Waals surface area contributed by atoms with Gasteiger partial charge >= 0.3 is 6.18 Å². The first-order valence-electron chi connectivity index (χ1n) is 10.2. The molecule has 0 radical (unpaired) electrons. The van der Waals surface area contributed by atoms with Gasteiger partial charge in [-0.25, -0.2) is 0 Å². The smallest absolute Gasteiger partial charge is 0.435 e. The largest absolute Gasteiger partial charge is 0.497 e. The van der Waals surface area contributed by atoms with Crippen LogP contribution >= 0.6 is 0 Å². The molecule has 1 aromatic heterocycles. The molecule has 0 spiro atoms. The molecule has 1 N–H and O–H groups in total. The predicted octanol–water partition coefficient (Wildman–Crippen LogP) is 5.13. The summed E-state index contributed by atoms with van der Waals surface area (Å²) in [5.74, 6) is 0.307. The second kappa shape index (κ2) is 9.04. The van der Waals surface area contributed by atoms with E-state index in [1.165, 1.54) is 19.2 Å². The van der Waals surface area contributed by atoms with Crippen LogP contribution in [-0.4, -0.2) is 27.7 Å². The van der Waals surface area contributed by atoms with Gasteiger partial charge in [0.25, 0.3) is 5.69 Å². The lowest BCUT2D eigenvalue weighted by atomic mass is 10.2. The first kappa shape index (κ1) is 23.1. The quantitative estimate of drug-likeness (QED) is 0.357. The fraction of sp³-hybridized carbons (Fsp3) is 0.273. The highest BCUT2D eigenvalue weighted by atomic mass is 19.4. The van der Waals surface area contributed by atoms with Crippen LogP contribution in [-0.2, 0) is 17.5 Å². The number of anilines is 1. The summed E-state index contributed by atoms with van der Waals surface area (Å²) in [7, 11) is 1.51. The van der Waals surface area contributed by atoms with Gasteiger partial charge in [-0.05, 0) is 43.2 Å². The van der Waals surface area contributed by atoms with Crippen molar-refractivity contribution < 1.29 is 32.4 Å². The molecule has 0 aliphatic heterocycles. The Morgan fingerprint density at radius 1 is 1.15 bits per heavy atom. The molecule has 1 fully saturated rings. The maximum Gasteiger partial charge on any atom is 0.435 e. The third kappa shape index (κ3) is 5.45. The molecule has 0 unspecified atom stereocenters. The number of hydrogen-bond donors (Lipinski definition) is 1. The number of halogens is 3. The topological polar surface area (TPSA) is 109 Å². The van der Waals surface area contributed by atoms with E-state index < -0.39 is 29.2 Å². The molecule has 9 nitrogen and oxygen atoms in total. The van der Waals surface area contributed by atoms with Crippen LogP contribution in [0.3, 0.4) is 0 Å². The third-order valence-corrected chi connectivity index (χ3v) is 5.07. The van der Waals surface area contributed by atoms with Crippen molar-refractivity contribution in [3.63, 3.8) is 0 Å². The number of carbonyl (C=O) groups excluding carboxylic acids is 1. The predicted molar refractivity (Wildman–Crippen MR) is 114 cm³/mol. The van der Waals surface area contributed by atoms with Crippen LogP contribution in [0.2, 0.25) is 0 Å². The number of carbonyl (C=O) groups is 1. The van der Waals surface area contributed by atoms with Crippen molar-refractivity contribution in [1.82, 2.24) is 9.78 Å². The highest BCUT2D eigenvalue weighted by molar-refractivity contribution is 5.91. The maximum atomic E-state index is 13.1. The summed E-state index contributed by atoms with van der Waals surface area (Å²) < 4.78 is 51.0. The van der Waals surface area contributed by atoms with Gasteiger partial charge in [0, 0.05) is 23.7 Å². The Labute approximate surface area is 191 Å². The number of hydrogen-bond acceptors (Lipinski definition) is 6. The van der Waals surface area contributed by atoms with E-state index in [-0.39, 0.29) is 23.0 Å². The van der Waals surface area contributed by atoms with Crippen molar-refractivity contribution in [3.05, 3.63) is 70.0 Å². The highest BCUT2D eigenvalue weighted by Gasteiger charge is 2.38. The van der Waals surface area contributed by atoms with Crippen LogP contribution in [0, 0.1) is 10.1 Å². The van der Waals surface area contributed by atoms with Crippen molar-refractivity contribution in [2.75, 3.05) is 12.4 Å². The Morgan fingerprint density at radius 3 is 2.41 bits per heavy atom. The fourth-order valence-corrected chi connectivity index (χ4v) is 3.34. The molecule has 0 bridgehead atoms. The van der Waals surface area contributed by atoms with E-state index in [1.54, 1.807) is 24.3 Å². The number of benzene rings is 2. The van der Waals surface area contributed by atoms with E-state index in [1.807, 2.05) is 0 Å². The van der Waals surface area contributed by atoms with Gasteiger partial charge in [0.1, 0.15) is 23.8 Å². The number of aromatic nitrogens is 2. The average Bonchev–Trinajstić information content (AvgIpc) is 3.53. The second-order valence-corrected chi connectivity index (χ2v) is 7.68. The number of alkyl halides is 3. The van der Waals surface area contributed by atoms with Crippen LogP contribution in [0.15, 0.2) is 48.5 Å². The summed E-state index contributed by atoms with van der Waals surface area (Å²) in [6.45, 7) is -0.473. The van der Waals surface area contributed by atoms with Gasteiger partial charge in [-0.15, -0.1) is 0 Å². The first-order chi connectivity index (χ1) is 16.1. The van der Waals surface area contributed by atoms with E-state index in [4.69, 9.17) is 9.47 Å². The molecule has 34 heavy (non-hydrogen) atoms. The van der Waals surface area contributed by atoms with Crippen molar-refractivity contribution in [3.8, 4) is 17.2 Å². The van der Waals surface area contributed by atoms with Crippen molar-refractivity contribution in [2.24, 2.45) is 0 Å². The normalized spacial score (nSPS) is 13.4. The minimum Gasteiger partial charge on any atom is -0.497 e. The minimum atomic E-state index is -4.63. The Kier molecular flexibility index (Phi) is 6.14. The van der Waals surface area contributed by atoms with Crippen LogP contribution in [0.1, 0.15) is 30.1 Å². The lowest BCUT2D eigenvalue weighted by molar-refractivity contribution is -0.384. The molecule has 3 aromatic rings. The number of ether oxygens (including phenoxy) is 2. The van der Waals surface area contributed by atoms with Crippen molar-refractivity contribution >= 4 is 17.3 Å². The van der Waals surface area contributed by atoms with Crippen LogP contribution in [0.5, 0.6) is 17.2 Å². The highest BCUT2D eigenvalue weighted by Crippen LogP contribution is 2.42. The van der Waals surface area contributed by atoms with Gasteiger partial charge in [-0.1, -0.05) is 0 Å². The van der Waals surface area contributed by atoms with Gasteiger partial charge in [0.15, 0.2) is 5.69 Å². The molecule has 178 valence electrons. The molecular weight excluding hydrogens is 457 g/mol. The maximum absolute atomic E-state index is 13.1. The number of nitro groups is 1. The zero-order valence-electron chi connectivity index (χ0n) is 17.8. The Morgan fingerprint density at radius 2 is 1.82 bits per heavy atom. The Balaban J connectivity index is 1.53. The first-order valence-corrected chi connectivity index (χ1v) is 10.2. The molecule has 1 amide bonds. The lowest BCUT2D eigenvalue weighted by Crippen LogP contribution is -2.21. The van der Waals surface area contributed by atoms with E-state index in [0.717, 1.165) is 29.7 Å². The molecule has 2 aromatic carbocycles. The van der Waals surface area contributed by atoms with Crippen LogP contribution in [0.4, 0.5) is 24.5 Å². The van der Waals surface area contributed by atoms with Crippen LogP contribution in [0.25, 0.3) is 0 Å². The standard InChI is InChI=1S/C22H19F3N4O5/c1-33-16-4-6-17(7-5-16)34-18-9-14(8-15(10-18)29(31)32)26-21(30)12-28-19(13-2-3-13)11-20(27-28)22(23,24)25/h4-11,13H,2-3,12H2,1H3,(H,26,30). The number of non-ortho nitro benzene ring substituents is 1. The van der Waals surface area contributed by atoms with Crippen LogP contribution < -0.4 is 14.8 Å². The Hall–Kier alpha value is -4.09. The molecule has 0 atom stereocenters. The molecule has 0 saturated heterocycles. The monoisotopic (exact) mass is 476 g/mol. The van der Waals surface area contributed by atoms with E-state index in [0.29, 0.717) is 17.2 Å². The zero-order chi connectivity index (χ0) is 24.5. The van der Waals surface area contributed by atoms with E-state index in [2.05, 4.69) is 10.4 Å². The molecular formula is C22H19F3N4O5. The molecule has 12 heteroatoms. The second-order valence-electron chi connectivity index (χ2n) is 7.68. The number of nitro benzene ring substituents is 1. The summed E-state index contributed by atoms with van der Waals surface area (Å²) in [4.78, 5) is 23.3. The minimum absolute atomic E-state index is 0.0545. The summed E-state index contributed by atoms with van der Waals surface area (Å²) in [6, 6.07) is 11.1.